The first-order chi connectivity index (χ1) is 11.1. The van der Waals surface area contributed by atoms with E-state index in [9.17, 15) is 14.4 Å². The van der Waals surface area contributed by atoms with Gasteiger partial charge in [0.05, 0.1) is 22.3 Å². The van der Waals surface area contributed by atoms with Crippen LogP contribution in [0.5, 0.6) is 0 Å². The molecule has 0 radical (unpaired) electrons. The fraction of sp³-hybridized carbons (Fsp3) is 0. The highest BCUT2D eigenvalue weighted by atomic mass is 16.4. The summed E-state index contributed by atoms with van der Waals surface area (Å²) >= 11 is 0. The summed E-state index contributed by atoms with van der Waals surface area (Å²) in [5.41, 5.74) is 1.35. The van der Waals surface area contributed by atoms with Gasteiger partial charge in [-0.15, -0.1) is 0 Å². The van der Waals surface area contributed by atoms with E-state index in [2.05, 4.69) is 10.2 Å². The van der Waals surface area contributed by atoms with Crippen molar-refractivity contribution in [2.45, 2.75) is 0 Å². The summed E-state index contributed by atoms with van der Waals surface area (Å²) in [4.78, 5) is 37.2. The Morgan fingerprint density at radius 3 is 2.30 bits per heavy atom. The van der Waals surface area contributed by atoms with Crippen molar-refractivity contribution >= 4 is 34.4 Å². The number of carboxylic acids is 1. The Kier molecular flexibility index (Phi) is 2.59. The van der Waals surface area contributed by atoms with Gasteiger partial charge in [-0.3, -0.25) is 14.7 Å². The van der Waals surface area contributed by atoms with Gasteiger partial charge >= 0.3 is 5.97 Å². The Balaban J connectivity index is 1.87. The molecule has 0 bridgehead atoms. The van der Waals surface area contributed by atoms with Crippen LogP contribution in [0.25, 0.3) is 10.9 Å². The molecule has 2 amide bonds. The van der Waals surface area contributed by atoms with E-state index in [1.807, 2.05) is 0 Å². The minimum Gasteiger partial charge on any atom is -0.476 e. The fourth-order valence-electron chi connectivity index (χ4n) is 2.73. The number of benzene rings is 2. The Labute approximate surface area is 129 Å². The van der Waals surface area contributed by atoms with E-state index in [0.717, 1.165) is 4.90 Å². The third-order valence-corrected chi connectivity index (χ3v) is 3.80. The zero-order valence-electron chi connectivity index (χ0n) is 11.6. The fourth-order valence-corrected chi connectivity index (χ4v) is 2.73. The Hall–Kier alpha value is -3.48. The maximum absolute atomic E-state index is 12.5. The number of anilines is 1. The number of fused-ring (bicyclic) bond motifs is 2. The lowest BCUT2D eigenvalue weighted by Gasteiger charge is -2.13. The number of H-pyrrole nitrogens is 1. The van der Waals surface area contributed by atoms with Crippen molar-refractivity contribution in [2.24, 2.45) is 0 Å². The number of carboxylic acid groups (broad SMARTS) is 1. The zero-order chi connectivity index (χ0) is 16.1. The predicted octanol–water partition coefficient (Wildman–Crippen LogP) is 2.06. The first-order valence-corrected chi connectivity index (χ1v) is 6.77. The van der Waals surface area contributed by atoms with Crippen molar-refractivity contribution in [3.8, 4) is 0 Å². The molecular formula is C16H9N3O4. The van der Waals surface area contributed by atoms with Gasteiger partial charge in [0.25, 0.3) is 11.8 Å². The maximum Gasteiger partial charge on any atom is 0.357 e. The van der Waals surface area contributed by atoms with Gasteiger partial charge in [0.15, 0.2) is 5.69 Å². The summed E-state index contributed by atoms with van der Waals surface area (Å²) in [6, 6.07) is 11.2. The van der Waals surface area contributed by atoms with E-state index in [1.54, 1.807) is 36.4 Å². The number of imide groups is 1. The number of aromatic carboxylic acids is 1. The molecule has 2 heterocycles. The monoisotopic (exact) mass is 307 g/mol. The summed E-state index contributed by atoms with van der Waals surface area (Å²) in [6.07, 6.45) is 0. The Bertz CT molecular complexity index is 970. The second kappa shape index (κ2) is 4.51. The van der Waals surface area contributed by atoms with Crippen molar-refractivity contribution in [1.82, 2.24) is 10.2 Å². The minimum atomic E-state index is -1.18. The maximum atomic E-state index is 12.5. The van der Waals surface area contributed by atoms with Crippen molar-refractivity contribution in [2.75, 3.05) is 4.90 Å². The number of aromatic amines is 1. The molecule has 2 N–H and O–H groups in total. The van der Waals surface area contributed by atoms with Gasteiger partial charge in [-0.2, -0.15) is 5.10 Å². The van der Waals surface area contributed by atoms with Crippen molar-refractivity contribution in [3.05, 3.63) is 59.3 Å². The van der Waals surface area contributed by atoms with Gasteiger partial charge in [-0.25, -0.2) is 9.69 Å². The van der Waals surface area contributed by atoms with E-state index < -0.39 is 17.8 Å². The molecule has 1 aliphatic heterocycles. The van der Waals surface area contributed by atoms with Crippen LogP contribution in [0.4, 0.5) is 5.69 Å². The molecule has 7 heteroatoms. The van der Waals surface area contributed by atoms with Gasteiger partial charge in [0.1, 0.15) is 0 Å². The van der Waals surface area contributed by atoms with Gasteiger partial charge in [0, 0.05) is 5.39 Å². The van der Waals surface area contributed by atoms with E-state index >= 15 is 0 Å². The standard InChI is InChI=1S/C16H9N3O4/c20-14-9-3-1-2-4-10(9)15(21)19(14)8-5-6-12-11(7-8)13(16(22)23)18-17-12/h1-7H,(H,17,18)(H,22,23). The molecule has 0 saturated heterocycles. The average Bonchev–Trinajstić information content (AvgIpc) is 3.07. The molecule has 7 nitrogen and oxygen atoms in total. The SMILES string of the molecule is O=C(O)c1n[nH]c2ccc(N3C(=O)c4ccccc4C3=O)cc12. The molecule has 0 saturated carbocycles. The number of aromatic nitrogens is 2. The van der Waals surface area contributed by atoms with Gasteiger partial charge in [-0.05, 0) is 30.3 Å². The quantitative estimate of drug-likeness (QED) is 0.705. The second-order valence-corrected chi connectivity index (χ2v) is 5.10. The number of nitrogens with one attached hydrogen (secondary N) is 1. The van der Waals surface area contributed by atoms with Crippen LogP contribution in [0.15, 0.2) is 42.5 Å². The normalized spacial score (nSPS) is 13.7. The Morgan fingerprint density at radius 2 is 1.70 bits per heavy atom. The minimum absolute atomic E-state index is 0.154. The van der Waals surface area contributed by atoms with Gasteiger partial charge < -0.3 is 5.11 Å². The van der Waals surface area contributed by atoms with E-state index in [4.69, 9.17) is 5.11 Å². The molecule has 23 heavy (non-hydrogen) atoms. The van der Waals surface area contributed by atoms with Crippen LogP contribution in [0, 0.1) is 0 Å². The highest BCUT2D eigenvalue weighted by Crippen LogP contribution is 2.30. The van der Waals surface area contributed by atoms with Gasteiger partial charge in [-0.1, -0.05) is 12.1 Å². The van der Waals surface area contributed by atoms with Crippen LogP contribution < -0.4 is 4.90 Å². The molecule has 0 atom stereocenters. The number of rotatable bonds is 2. The topological polar surface area (TPSA) is 103 Å². The lowest BCUT2D eigenvalue weighted by molar-refractivity contribution is 0.0692. The molecule has 0 aliphatic carbocycles. The molecule has 112 valence electrons. The predicted molar refractivity (Wildman–Crippen MR) is 80.6 cm³/mol. The summed E-state index contributed by atoms with van der Waals surface area (Å²) in [6.45, 7) is 0. The highest BCUT2D eigenvalue weighted by Gasteiger charge is 2.36. The second-order valence-electron chi connectivity index (χ2n) is 5.10. The summed E-state index contributed by atoms with van der Waals surface area (Å²) in [5, 5.41) is 15.8. The van der Waals surface area contributed by atoms with E-state index in [-0.39, 0.29) is 5.69 Å². The first-order valence-electron chi connectivity index (χ1n) is 6.77. The van der Waals surface area contributed by atoms with Crippen LogP contribution >= 0.6 is 0 Å². The number of hydrogen-bond acceptors (Lipinski definition) is 4. The lowest BCUT2D eigenvalue weighted by Crippen LogP contribution is -2.29. The van der Waals surface area contributed by atoms with E-state index in [1.165, 1.54) is 6.07 Å². The average molecular weight is 307 g/mol. The molecule has 3 aromatic rings. The zero-order valence-corrected chi connectivity index (χ0v) is 11.6. The van der Waals surface area contributed by atoms with Crippen molar-refractivity contribution in [1.29, 1.82) is 0 Å². The number of hydrogen-bond donors (Lipinski definition) is 2. The molecule has 0 spiro atoms. The van der Waals surface area contributed by atoms with Crippen LogP contribution in [-0.4, -0.2) is 33.1 Å². The smallest absolute Gasteiger partial charge is 0.357 e. The molecule has 4 rings (SSSR count). The number of nitrogens with zero attached hydrogens (tertiary/aromatic N) is 2. The van der Waals surface area contributed by atoms with Crippen LogP contribution in [0.2, 0.25) is 0 Å². The van der Waals surface area contributed by atoms with Crippen LogP contribution in [-0.2, 0) is 0 Å². The molecular weight excluding hydrogens is 298 g/mol. The lowest BCUT2D eigenvalue weighted by atomic mass is 10.1. The largest absolute Gasteiger partial charge is 0.476 e. The van der Waals surface area contributed by atoms with Crippen LogP contribution in [0.3, 0.4) is 0 Å². The molecule has 2 aromatic carbocycles. The summed E-state index contributed by atoms with van der Waals surface area (Å²) in [7, 11) is 0. The van der Waals surface area contributed by atoms with Crippen molar-refractivity contribution in [3.63, 3.8) is 0 Å². The summed E-state index contributed by atoms with van der Waals surface area (Å²) in [5.74, 6) is -2.04. The molecule has 0 fully saturated rings. The highest BCUT2D eigenvalue weighted by molar-refractivity contribution is 6.34. The number of carbonyl (C=O) groups is 3. The molecule has 1 aromatic heterocycles. The first kappa shape index (κ1) is 13.2. The number of carbonyl (C=O) groups excluding carboxylic acids is 2. The summed E-state index contributed by atoms with van der Waals surface area (Å²) < 4.78 is 0. The number of amides is 2. The van der Waals surface area contributed by atoms with Gasteiger partial charge in [0.2, 0.25) is 0 Å². The molecule has 1 aliphatic rings. The van der Waals surface area contributed by atoms with Crippen molar-refractivity contribution < 1.29 is 19.5 Å². The Morgan fingerprint density at radius 1 is 1.04 bits per heavy atom. The van der Waals surface area contributed by atoms with E-state index in [0.29, 0.717) is 27.7 Å². The third kappa shape index (κ3) is 1.76. The molecule has 0 unspecified atom stereocenters. The van der Waals surface area contributed by atoms with Crippen LogP contribution in [0.1, 0.15) is 31.2 Å². The third-order valence-electron chi connectivity index (χ3n) is 3.80.